The number of aryl methyl sites for hydroxylation is 1. The molecule has 1 N–H and O–H groups in total. The molecule has 106 valence electrons. The quantitative estimate of drug-likeness (QED) is 0.883. The molecule has 2 aromatic rings. The third kappa shape index (κ3) is 3.68. The number of benzene rings is 1. The van der Waals surface area contributed by atoms with Gasteiger partial charge < -0.3 is 10.1 Å². The molecule has 0 radical (unpaired) electrons. The number of carbonyl (C=O) groups excluding carboxylic acids is 1. The summed E-state index contributed by atoms with van der Waals surface area (Å²) in [4.78, 5) is 12.9. The molecule has 0 saturated carbocycles. The van der Waals surface area contributed by atoms with Crippen LogP contribution in [0.3, 0.4) is 0 Å². The van der Waals surface area contributed by atoms with Crippen molar-refractivity contribution in [2.24, 2.45) is 0 Å². The maximum absolute atomic E-state index is 12.1. The molecule has 0 bridgehead atoms. The van der Waals surface area contributed by atoms with Crippen molar-refractivity contribution in [3.05, 3.63) is 57.3 Å². The Labute approximate surface area is 123 Å². The number of rotatable bonds is 6. The first-order valence-corrected chi connectivity index (χ1v) is 7.57. The Kier molecular flexibility index (Phi) is 5.32. The van der Waals surface area contributed by atoms with Crippen molar-refractivity contribution in [1.82, 2.24) is 5.32 Å². The van der Waals surface area contributed by atoms with Gasteiger partial charge in [0, 0.05) is 13.2 Å². The zero-order chi connectivity index (χ0) is 14.4. The van der Waals surface area contributed by atoms with Gasteiger partial charge in [0.05, 0.1) is 11.5 Å². The van der Waals surface area contributed by atoms with Gasteiger partial charge >= 0.3 is 0 Å². The number of nitrogens with one attached hydrogen (secondary N) is 1. The Bertz CT molecular complexity index is 577. The Morgan fingerprint density at radius 1 is 1.25 bits per heavy atom. The molecule has 0 aliphatic heterocycles. The fourth-order valence-electron chi connectivity index (χ4n) is 1.94. The van der Waals surface area contributed by atoms with E-state index in [0.717, 1.165) is 21.6 Å². The van der Waals surface area contributed by atoms with Crippen LogP contribution in [0.4, 0.5) is 0 Å². The first kappa shape index (κ1) is 14.8. The summed E-state index contributed by atoms with van der Waals surface area (Å²) in [6, 6.07) is 9.99. The molecule has 0 aliphatic carbocycles. The molecule has 0 fully saturated rings. The van der Waals surface area contributed by atoms with E-state index >= 15 is 0 Å². The number of amides is 1. The van der Waals surface area contributed by atoms with Crippen LogP contribution in [-0.4, -0.2) is 12.5 Å². The highest BCUT2D eigenvalue weighted by atomic mass is 32.1. The normalized spacial score (nSPS) is 10.5. The number of ether oxygens (including phenoxy) is 1. The van der Waals surface area contributed by atoms with Gasteiger partial charge in [-0.1, -0.05) is 24.3 Å². The fraction of sp³-hybridized carbons (Fsp3) is 0.312. The topological polar surface area (TPSA) is 38.3 Å². The first-order valence-electron chi connectivity index (χ1n) is 6.69. The highest BCUT2D eigenvalue weighted by Gasteiger charge is 2.10. The summed E-state index contributed by atoms with van der Waals surface area (Å²) in [5, 5.41) is 4.91. The van der Waals surface area contributed by atoms with Crippen molar-refractivity contribution in [1.29, 1.82) is 0 Å². The van der Waals surface area contributed by atoms with Crippen LogP contribution in [0.5, 0.6) is 0 Å². The van der Waals surface area contributed by atoms with E-state index in [0.29, 0.717) is 19.8 Å². The van der Waals surface area contributed by atoms with Crippen LogP contribution in [0.2, 0.25) is 0 Å². The lowest BCUT2D eigenvalue weighted by Gasteiger charge is -2.10. The molecule has 3 nitrogen and oxygen atoms in total. The summed E-state index contributed by atoms with van der Waals surface area (Å²) < 4.78 is 5.45. The number of carbonyl (C=O) groups is 1. The van der Waals surface area contributed by atoms with Crippen LogP contribution in [-0.2, 0) is 17.9 Å². The van der Waals surface area contributed by atoms with Crippen LogP contribution in [0.15, 0.2) is 35.7 Å². The average molecular weight is 289 g/mol. The Morgan fingerprint density at radius 2 is 2.00 bits per heavy atom. The van der Waals surface area contributed by atoms with Crippen molar-refractivity contribution in [3.8, 4) is 0 Å². The maximum Gasteiger partial charge on any atom is 0.261 e. The van der Waals surface area contributed by atoms with Gasteiger partial charge in [-0.3, -0.25) is 4.79 Å². The lowest BCUT2D eigenvalue weighted by Crippen LogP contribution is -2.23. The molecule has 20 heavy (non-hydrogen) atoms. The highest BCUT2D eigenvalue weighted by Crippen LogP contribution is 2.16. The Balaban J connectivity index is 2.00. The molecule has 0 spiro atoms. The summed E-state index contributed by atoms with van der Waals surface area (Å²) >= 11 is 1.47. The van der Waals surface area contributed by atoms with Crippen molar-refractivity contribution in [2.75, 3.05) is 6.61 Å². The SMILES string of the molecule is CCOCc1ccccc1CNC(=O)c1sccc1C. The number of hydrogen-bond donors (Lipinski definition) is 1. The smallest absolute Gasteiger partial charge is 0.261 e. The van der Waals surface area contributed by atoms with Gasteiger partial charge in [-0.05, 0) is 42.0 Å². The van der Waals surface area contributed by atoms with Crippen LogP contribution >= 0.6 is 11.3 Å². The minimum absolute atomic E-state index is 0.0105. The molecule has 0 unspecified atom stereocenters. The van der Waals surface area contributed by atoms with Crippen LogP contribution in [0, 0.1) is 6.92 Å². The van der Waals surface area contributed by atoms with Gasteiger partial charge in [0.2, 0.25) is 0 Å². The lowest BCUT2D eigenvalue weighted by molar-refractivity contribution is 0.0953. The van der Waals surface area contributed by atoms with E-state index in [-0.39, 0.29) is 5.91 Å². The van der Waals surface area contributed by atoms with Crippen LogP contribution in [0.25, 0.3) is 0 Å². The second-order valence-corrected chi connectivity index (χ2v) is 5.44. The van der Waals surface area contributed by atoms with E-state index in [1.165, 1.54) is 11.3 Å². The molecule has 0 saturated heterocycles. The summed E-state index contributed by atoms with van der Waals surface area (Å²) in [6.45, 7) is 5.73. The summed E-state index contributed by atoms with van der Waals surface area (Å²) in [6.07, 6.45) is 0. The number of thiophene rings is 1. The predicted molar refractivity (Wildman–Crippen MR) is 82.0 cm³/mol. The van der Waals surface area contributed by atoms with E-state index in [2.05, 4.69) is 5.32 Å². The fourth-order valence-corrected chi connectivity index (χ4v) is 2.79. The second-order valence-electron chi connectivity index (χ2n) is 4.52. The molecule has 2 rings (SSSR count). The molecule has 1 heterocycles. The minimum atomic E-state index is -0.0105. The molecule has 1 aromatic carbocycles. The third-order valence-corrected chi connectivity index (χ3v) is 4.10. The predicted octanol–water partition coefficient (Wildman–Crippen LogP) is 3.52. The zero-order valence-electron chi connectivity index (χ0n) is 11.8. The monoisotopic (exact) mass is 289 g/mol. The van der Waals surface area contributed by atoms with E-state index in [1.54, 1.807) is 0 Å². The maximum atomic E-state index is 12.1. The highest BCUT2D eigenvalue weighted by molar-refractivity contribution is 7.12. The lowest BCUT2D eigenvalue weighted by atomic mass is 10.1. The third-order valence-electron chi connectivity index (χ3n) is 3.09. The molecule has 1 aromatic heterocycles. The zero-order valence-corrected chi connectivity index (χ0v) is 12.6. The minimum Gasteiger partial charge on any atom is -0.377 e. The van der Waals surface area contributed by atoms with Crippen LogP contribution < -0.4 is 5.32 Å². The molecule has 0 atom stereocenters. The van der Waals surface area contributed by atoms with E-state index in [4.69, 9.17) is 4.74 Å². The van der Waals surface area contributed by atoms with Crippen LogP contribution in [0.1, 0.15) is 33.3 Å². The molecule has 4 heteroatoms. The standard InChI is InChI=1S/C16H19NO2S/c1-3-19-11-14-7-5-4-6-13(14)10-17-16(18)15-12(2)8-9-20-15/h4-9H,3,10-11H2,1-2H3,(H,17,18). The summed E-state index contributed by atoms with van der Waals surface area (Å²) in [5.41, 5.74) is 3.25. The second kappa shape index (κ2) is 7.22. The Hall–Kier alpha value is -1.65. The van der Waals surface area contributed by atoms with Gasteiger partial charge in [-0.2, -0.15) is 0 Å². The Morgan fingerprint density at radius 3 is 2.65 bits per heavy atom. The van der Waals surface area contributed by atoms with Gasteiger partial charge in [0.1, 0.15) is 0 Å². The molecule has 1 amide bonds. The molecule has 0 aliphatic rings. The van der Waals surface area contributed by atoms with Gasteiger partial charge in [-0.15, -0.1) is 11.3 Å². The van der Waals surface area contributed by atoms with E-state index in [9.17, 15) is 4.79 Å². The van der Waals surface area contributed by atoms with E-state index in [1.807, 2.05) is 49.6 Å². The van der Waals surface area contributed by atoms with Crippen molar-refractivity contribution in [2.45, 2.75) is 27.0 Å². The summed E-state index contributed by atoms with van der Waals surface area (Å²) in [7, 11) is 0. The van der Waals surface area contributed by atoms with Gasteiger partial charge in [-0.25, -0.2) is 0 Å². The average Bonchev–Trinajstić information content (AvgIpc) is 2.89. The van der Waals surface area contributed by atoms with Gasteiger partial charge in [0.15, 0.2) is 0 Å². The first-order chi connectivity index (χ1) is 9.72. The van der Waals surface area contributed by atoms with Crippen molar-refractivity contribution < 1.29 is 9.53 Å². The van der Waals surface area contributed by atoms with Crippen molar-refractivity contribution in [3.63, 3.8) is 0 Å². The van der Waals surface area contributed by atoms with E-state index < -0.39 is 0 Å². The summed E-state index contributed by atoms with van der Waals surface area (Å²) in [5.74, 6) is -0.0105. The van der Waals surface area contributed by atoms with Crippen molar-refractivity contribution >= 4 is 17.2 Å². The number of hydrogen-bond acceptors (Lipinski definition) is 3. The molecular formula is C16H19NO2S. The largest absolute Gasteiger partial charge is 0.377 e. The van der Waals surface area contributed by atoms with Gasteiger partial charge in [0.25, 0.3) is 5.91 Å². The molecular weight excluding hydrogens is 270 g/mol.